The fourth-order valence-electron chi connectivity index (χ4n) is 5.30. The smallest absolute Gasteiger partial charge is 0.235 e. The maximum Gasteiger partial charge on any atom is 0.235 e. The van der Waals surface area contributed by atoms with Crippen molar-refractivity contribution in [3.05, 3.63) is 47.5 Å². The number of carbonyl (C=O) groups excluding carboxylic acids is 1. The SMILES string of the molecule is CC(C)(C)C1Cc2cc(NC(=O)C3(c4ccc5c(c4)OCO5)CC3)ccc2N1CCCC(O)O. The molecule has 0 radical (unpaired) electrons. The number of nitrogens with one attached hydrogen (secondary N) is 1. The Kier molecular flexibility index (Phi) is 5.73. The number of amides is 1. The number of aliphatic hydroxyl groups excluding tert-OH is 1. The molecule has 3 aliphatic rings. The Balaban J connectivity index is 1.33. The van der Waals surface area contributed by atoms with Crippen LogP contribution in [0.1, 0.15) is 57.6 Å². The van der Waals surface area contributed by atoms with Crippen molar-refractivity contribution in [3.8, 4) is 11.5 Å². The van der Waals surface area contributed by atoms with E-state index in [-0.39, 0.29) is 18.1 Å². The van der Waals surface area contributed by atoms with E-state index in [1.54, 1.807) is 0 Å². The van der Waals surface area contributed by atoms with Gasteiger partial charge in [-0.15, -0.1) is 0 Å². The second kappa shape index (κ2) is 8.47. The van der Waals surface area contributed by atoms with E-state index in [9.17, 15) is 15.0 Å². The first-order valence-electron chi connectivity index (χ1n) is 12.1. The van der Waals surface area contributed by atoms with E-state index in [2.05, 4.69) is 43.1 Å². The number of ether oxygens (including phenoxy) is 2. The number of carbonyl (C=O) groups is 1. The molecule has 0 aromatic heterocycles. The van der Waals surface area contributed by atoms with Crippen LogP contribution in [0, 0.1) is 5.41 Å². The summed E-state index contributed by atoms with van der Waals surface area (Å²) in [6.45, 7) is 7.71. The third-order valence-electron chi connectivity index (χ3n) is 7.41. The average Bonchev–Trinajstić information content (AvgIpc) is 3.31. The molecule has 0 spiro atoms. The first-order chi connectivity index (χ1) is 16.2. The fourth-order valence-corrected chi connectivity index (χ4v) is 5.30. The summed E-state index contributed by atoms with van der Waals surface area (Å²) in [4.78, 5) is 15.7. The Labute approximate surface area is 200 Å². The van der Waals surface area contributed by atoms with E-state index in [4.69, 9.17) is 9.47 Å². The molecule has 1 aliphatic carbocycles. The highest BCUT2D eigenvalue weighted by atomic mass is 16.7. The van der Waals surface area contributed by atoms with Crippen molar-refractivity contribution in [3.63, 3.8) is 0 Å². The largest absolute Gasteiger partial charge is 0.454 e. The topological polar surface area (TPSA) is 91.3 Å². The van der Waals surface area contributed by atoms with Crippen molar-refractivity contribution in [2.24, 2.45) is 5.41 Å². The van der Waals surface area contributed by atoms with Gasteiger partial charge in [0.15, 0.2) is 17.8 Å². The lowest BCUT2D eigenvalue weighted by molar-refractivity contribution is -0.118. The molecular weight excluding hydrogens is 432 g/mol. The summed E-state index contributed by atoms with van der Waals surface area (Å²) in [6.07, 6.45) is 2.34. The van der Waals surface area contributed by atoms with Crippen molar-refractivity contribution in [2.75, 3.05) is 23.6 Å². The lowest BCUT2D eigenvalue weighted by atomic mass is 9.84. The second-order valence-corrected chi connectivity index (χ2v) is 10.8. The van der Waals surface area contributed by atoms with Crippen molar-refractivity contribution < 1.29 is 24.5 Å². The zero-order valence-electron chi connectivity index (χ0n) is 20.1. The molecule has 3 N–H and O–H groups in total. The van der Waals surface area contributed by atoms with Crippen LogP contribution >= 0.6 is 0 Å². The first-order valence-corrected chi connectivity index (χ1v) is 12.1. The van der Waals surface area contributed by atoms with Gasteiger partial charge in [0.05, 0.1) is 5.41 Å². The highest BCUT2D eigenvalue weighted by Gasteiger charge is 2.51. The molecule has 1 atom stereocenters. The van der Waals surface area contributed by atoms with Crippen molar-refractivity contribution in [1.82, 2.24) is 0 Å². The third kappa shape index (κ3) is 4.23. The minimum absolute atomic E-state index is 0.0190. The van der Waals surface area contributed by atoms with Gasteiger partial charge in [-0.25, -0.2) is 0 Å². The third-order valence-corrected chi connectivity index (χ3v) is 7.41. The van der Waals surface area contributed by atoms with E-state index in [0.29, 0.717) is 24.6 Å². The summed E-state index contributed by atoms with van der Waals surface area (Å²) in [6, 6.07) is 12.3. The summed E-state index contributed by atoms with van der Waals surface area (Å²) in [5.41, 5.74) is 3.73. The lowest BCUT2D eigenvalue weighted by Crippen LogP contribution is -2.42. The second-order valence-electron chi connectivity index (χ2n) is 10.8. The summed E-state index contributed by atoms with van der Waals surface area (Å²) in [7, 11) is 0. The standard InChI is InChI=1S/C27H34N2O5/c1-26(2,3)23-14-17-13-19(7-8-20(17)29(23)12-4-5-24(30)31)28-25(32)27(10-11-27)18-6-9-21-22(15-18)34-16-33-21/h6-9,13,15,23-24,30-31H,4-5,10-12,14,16H2,1-3H3,(H,28,32). The molecule has 5 rings (SSSR count). The van der Waals surface area contributed by atoms with Gasteiger partial charge in [-0.1, -0.05) is 26.8 Å². The quantitative estimate of drug-likeness (QED) is 0.535. The number of aliphatic hydroxyl groups is 2. The maximum atomic E-state index is 13.3. The molecule has 2 heterocycles. The van der Waals surface area contributed by atoms with Crippen molar-refractivity contribution >= 4 is 17.3 Å². The Morgan fingerprint density at radius 1 is 1.15 bits per heavy atom. The van der Waals surface area contributed by atoms with Crippen LogP contribution in [0.5, 0.6) is 11.5 Å². The number of hydrogen-bond donors (Lipinski definition) is 3. The lowest BCUT2D eigenvalue weighted by Gasteiger charge is -2.37. The van der Waals surface area contributed by atoms with Crippen LogP contribution in [0.4, 0.5) is 11.4 Å². The van der Waals surface area contributed by atoms with Gasteiger partial charge >= 0.3 is 0 Å². The highest BCUT2D eigenvalue weighted by Crippen LogP contribution is 2.51. The summed E-state index contributed by atoms with van der Waals surface area (Å²) >= 11 is 0. The number of benzene rings is 2. The Morgan fingerprint density at radius 3 is 2.62 bits per heavy atom. The molecule has 7 heteroatoms. The monoisotopic (exact) mass is 466 g/mol. The zero-order valence-corrected chi connectivity index (χ0v) is 20.1. The first kappa shape index (κ1) is 23.0. The Bertz CT molecular complexity index is 1090. The van der Waals surface area contributed by atoms with Gasteiger partial charge in [-0.05, 0) is 79.0 Å². The van der Waals surface area contributed by atoms with Crippen LogP contribution in [0.3, 0.4) is 0 Å². The van der Waals surface area contributed by atoms with Gasteiger partial charge in [-0.2, -0.15) is 0 Å². The van der Waals surface area contributed by atoms with Crippen LogP contribution in [-0.2, 0) is 16.6 Å². The van der Waals surface area contributed by atoms with E-state index in [1.165, 1.54) is 11.3 Å². The fraction of sp³-hybridized carbons (Fsp3) is 0.519. The van der Waals surface area contributed by atoms with Gasteiger partial charge in [0.25, 0.3) is 0 Å². The predicted molar refractivity (Wildman–Crippen MR) is 130 cm³/mol. The predicted octanol–water partition coefficient (Wildman–Crippen LogP) is 3.95. The number of hydrogen-bond acceptors (Lipinski definition) is 6. The molecule has 1 amide bonds. The van der Waals surface area contributed by atoms with Gasteiger partial charge < -0.3 is 29.9 Å². The zero-order chi connectivity index (χ0) is 24.1. The van der Waals surface area contributed by atoms with Gasteiger partial charge in [0.2, 0.25) is 12.7 Å². The van der Waals surface area contributed by atoms with Crippen molar-refractivity contribution in [1.29, 1.82) is 0 Å². The number of fused-ring (bicyclic) bond motifs is 2. The molecule has 7 nitrogen and oxygen atoms in total. The molecule has 0 bridgehead atoms. The molecule has 0 saturated heterocycles. The molecule has 2 aromatic carbocycles. The van der Waals surface area contributed by atoms with Gasteiger partial charge in [-0.3, -0.25) is 4.79 Å². The van der Waals surface area contributed by atoms with Crippen LogP contribution in [0.2, 0.25) is 0 Å². The number of anilines is 2. The molecule has 182 valence electrons. The van der Waals surface area contributed by atoms with Crippen molar-refractivity contribution in [2.45, 2.75) is 70.6 Å². The number of rotatable bonds is 7. The molecule has 1 unspecified atom stereocenters. The molecule has 34 heavy (non-hydrogen) atoms. The summed E-state index contributed by atoms with van der Waals surface area (Å²) in [5.74, 6) is 1.45. The normalized spacial score (nSPS) is 19.9. The molecule has 2 aliphatic heterocycles. The minimum atomic E-state index is -1.27. The van der Waals surface area contributed by atoms with Gasteiger partial charge in [0, 0.05) is 24.0 Å². The molecule has 2 aromatic rings. The van der Waals surface area contributed by atoms with E-state index in [1.807, 2.05) is 24.3 Å². The highest BCUT2D eigenvalue weighted by molar-refractivity contribution is 6.01. The van der Waals surface area contributed by atoms with E-state index < -0.39 is 11.7 Å². The molecule has 1 saturated carbocycles. The maximum absolute atomic E-state index is 13.3. The molecule has 1 fully saturated rings. The van der Waals surface area contributed by atoms with Crippen LogP contribution < -0.4 is 19.7 Å². The Hall–Kier alpha value is -2.77. The minimum Gasteiger partial charge on any atom is -0.454 e. The van der Waals surface area contributed by atoms with Gasteiger partial charge in [0.1, 0.15) is 0 Å². The van der Waals surface area contributed by atoms with Crippen LogP contribution in [0.15, 0.2) is 36.4 Å². The average molecular weight is 467 g/mol. The van der Waals surface area contributed by atoms with E-state index >= 15 is 0 Å². The van der Waals surface area contributed by atoms with E-state index in [0.717, 1.165) is 42.8 Å². The number of nitrogens with zero attached hydrogens (tertiary/aromatic N) is 1. The Morgan fingerprint density at radius 2 is 1.91 bits per heavy atom. The summed E-state index contributed by atoms with van der Waals surface area (Å²) < 4.78 is 10.9. The summed E-state index contributed by atoms with van der Waals surface area (Å²) in [5, 5.41) is 21.7. The molecular formula is C27H34N2O5. The van der Waals surface area contributed by atoms with Crippen LogP contribution in [0.25, 0.3) is 0 Å². The van der Waals surface area contributed by atoms with Crippen LogP contribution in [-0.4, -0.2) is 41.8 Å².